The number of piperidine rings is 1. The fourth-order valence-electron chi connectivity index (χ4n) is 3.98. The second-order valence-corrected chi connectivity index (χ2v) is 9.91. The van der Waals surface area contributed by atoms with Gasteiger partial charge in [-0.3, -0.25) is 14.2 Å². The number of thiophene rings is 1. The van der Waals surface area contributed by atoms with Crippen LogP contribution in [-0.2, 0) is 11.8 Å². The maximum Gasteiger partial charge on any atom is 0.263 e. The van der Waals surface area contributed by atoms with E-state index < -0.39 is 0 Å². The fourth-order valence-corrected chi connectivity index (χ4v) is 5.83. The van der Waals surface area contributed by atoms with Gasteiger partial charge in [0.05, 0.1) is 11.1 Å². The van der Waals surface area contributed by atoms with Gasteiger partial charge in [-0.15, -0.1) is 11.3 Å². The van der Waals surface area contributed by atoms with Gasteiger partial charge in [-0.1, -0.05) is 30.0 Å². The topological polar surface area (TPSA) is 55.2 Å². The number of nitrogens with zero attached hydrogens (tertiary/aromatic N) is 3. The quantitative estimate of drug-likeness (QED) is 0.432. The normalized spacial score (nSPS) is 16.9. The highest BCUT2D eigenvalue weighted by Gasteiger charge is 2.24. The Morgan fingerprint density at radius 3 is 2.80 bits per heavy atom. The van der Waals surface area contributed by atoms with Gasteiger partial charge in [-0.25, -0.2) is 4.98 Å². The van der Waals surface area contributed by atoms with Crippen LogP contribution < -0.4 is 5.56 Å². The molecule has 0 saturated carbocycles. The molecule has 0 aliphatic carbocycles. The van der Waals surface area contributed by atoms with E-state index in [0.29, 0.717) is 22.3 Å². The minimum Gasteiger partial charge on any atom is -0.339 e. The van der Waals surface area contributed by atoms with E-state index in [1.807, 2.05) is 10.3 Å². The van der Waals surface area contributed by atoms with Crippen LogP contribution in [0.3, 0.4) is 0 Å². The molecule has 2 aromatic heterocycles. The molecule has 1 atom stereocenters. The summed E-state index contributed by atoms with van der Waals surface area (Å²) in [5.41, 5.74) is 4.35. The molecule has 30 heavy (non-hydrogen) atoms. The molecule has 1 fully saturated rings. The first-order chi connectivity index (χ1) is 14.4. The summed E-state index contributed by atoms with van der Waals surface area (Å²) < 4.78 is 1.58. The largest absolute Gasteiger partial charge is 0.339 e. The number of fused-ring (bicyclic) bond motifs is 1. The number of likely N-dealkylation sites (tertiary alicyclic amines) is 1. The number of hydrogen-bond donors (Lipinski definition) is 0. The highest BCUT2D eigenvalue weighted by molar-refractivity contribution is 7.99. The Bertz CT molecular complexity index is 1170. The van der Waals surface area contributed by atoms with Crippen molar-refractivity contribution in [2.75, 3.05) is 12.3 Å². The maximum absolute atomic E-state index is 13.2. The summed E-state index contributed by atoms with van der Waals surface area (Å²) in [5, 5.41) is 3.27. The lowest BCUT2D eigenvalue weighted by Crippen LogP contribution is -2.43. The third kappa shape index (κ3) is 3.93. The number of hydrogen-bond acceptors (Lipinski definition) is 5. The molecule has 1 aliphatic heterocycles. The highest BCUT2D eigenvalue weighted by atomic mass is 32.2. The van der Waals surface area contributed by atoms with E-state index in [1.165, 1.54) is 40.6 Å². The Morgan fingerprint density at radius 2 is 2.07 bits per heavy atom. The molecule has 1 aromatic carbocycles. The summed E-state index contributed by atoms with van der Waals surface area (Å²) in [5.74, 6) is 0.439. The van der Waals surface area contributed by atoms with Gasteiger partial charge in [0.25, 0.3) is 5.56 Å². The molecule has 7 heteroatoms. The molecule has 1 unspecified atom stereocenters. The number of carbonyl (C=O) groups excluding carboxylic acids is 1. The summed E-state index contributed by atoms with van der Waals surface area (Å²) in [4.78, 5) is 33.3. The second-order valence-electron chi connectivity index (χ2n) is 8.11. The van der Waals surface area contributed by atoms with Crippen molar-refractivity contribution in [1.29, 1.82) is 0 Å². The molecular formula is C23H27N3O2S2. The molecule has 4 rings (SSSR count). The molecule has 5 nitrogen and oxygen atoms in total. The van der Waals surface area contributed by atoms with Crippen molar-refractivity contribution in [2.45, 2.75) is 51.2 Å². The van der Waals surface area contributed by atoms with Crippen molar-refractivity contribution < 1.29 is 4.79 Å². The molecule has 0 bridgehead atoms. The lowest BCUT2D eigenvalue weighted by atomic mass is 10.0. The third-order valence-corrected chi connectivity index (χ3v) is 7.93. The number of amides is 1. The van der Waals surface area contributed by atoms with Gasteiger partial charge in [-0.2, -0.15) is 0 Å². The van der Waals surface area contributed by atoms with Crippen molar-refractivity contribution in [3.8, 4) is 11.1 Å². The van der Waals surface area contributed by atoms with Crippen LogP contribution in [-0.4, -0.2) is 38.7 Å². The first kappa shape index (κ1) is 21.1. The predicted octanol–water partition coefficient (Wildman–Crippen LogP) is 4.77. The van der Waals surface area contributed by atoms with Crippen LogP contribution in [0.2, 0.25) is 0 Å². The van der Waals surface area contributed by atoms with E-state index in [1.54, 1.807) is 11.6 Å². The zero-order valence-electron chi connectivity index (χ0n) is 17.9. The van der Waals surface area contributed by atoms with Crippen molar-refractivity contribution in [3.63, 3.8) is 0 Å². The second kappa shape index (κ2) is 8.55. The van der Waals surface area contributed by atoms with Gasteiger partial charge in [0.15, 0.2) is 5.16 Å². The predicted molar refractivity (Wildman–Crippen MR) is 126 cm³/mol. The van der Waals surface area contributed by atoms with Crippen LogP contribution in [0, 0.1) is 13.8 Å². The third-order valence-electron chi connectivity index (χ3n) is 6.04. The smallest absolute Gasteiger partial charge is 0.263 e. The van der Waals surface area contributed by atoms with Crippen LogP contribution in [0.4, 0.5) is 0 Å². The first-order valence-electron chi connectivity index (χ1n) is 10.3. The first-order valence-corrected chi connectivity index (χ1v) is 12.2. The molecule has 3 heterocycles. The van der Waals surface area contributed by atoms with Crippen molar-refractivity contribution >= 4 is 39.2 Å². The van der Waals surface area contributed by atoms with E-state index in [9.17, 15) is 9.59 Å². The van der Waals surface area contributed by atoms with Crippen LogP contribution in [0.25, 0.3) is 21.3 Å². The highest BCUT2D eigenvalue weighted by Crippen LogP contribution is 2.33. The number of carbonyl (C=O) groups is 1. The number of rotatable bonds is 4. The monoisotopic (exact) mass is 441 g/mol. The van der Waals surface area contributed by atoms with Gasteiger partial charge in [0.2, 0.25) is 5.91 Å². The van der Waals surface area contributed by atoms with Gasteiger partial charge < -0.3 is 4.90 Å². The van der Waals surface area contributed by atoms with E-state index >= 15 is 0 Å². The Balaban J connectivity index is 1.62. The minimum absolute atomic E-state index is 0.0595. The summed E-state index contributed by atoms with van der Waals surface area (Å²) in [6, 6.07) is 6.56. The zero-order chi connectivity index (χ0) is 21.4. The molecule has 1 saturated heterocycles. The number of benzene rings is 1. The summed E-state index contributed by atoms with van der Waals surface area (Å²) in [6.07, 6.45) is 3.32. The van der Waals surface area contributed by atoms with Crippen LogP contribution in [0.1, 0.15) is 37.3 Å². The van der Waals surface area contributed by atoms with Gasteiger partial charge >= 0.3 is 0 Å². The molecule has 158 valence electrons. The molecule has 0 N–H and O–H groups in total. The lowest BCUT2D eigenvalue weighted by molar-refractivity contribution is -0.131. The molecular weight excluding hydrogens is 414 g/mol. The molecule has 0 radical (unpaired) electrons. The van der Waals surface area contributed by atoms with Gasteiger partial charge in [0.1, 0.15) is 4.83 Å². The van der Waals surface area contributed by atoms with E-state index in [4.69, 9.17) is 4.98 Å². The lowest BCUT2D eigenvalue weighted by Gasteiger charge is -2.33. The van der Waals surface area contributed by atoms with Crippen LogP contribution in [0.5, 0.6) is 0 Å². The minimum atomic E-state index is -0.0595. The molecule has 0 spiro atoms. The van der Waals surface area contributed by atoms with E-state index in [-0.39, 0.29) is 11.5 Å². The molecule has 1 amide bonds. The maximum atomic E-state index is 13.2. The Hall–Kier alpha value is -2.12. The van der Waals surface area contributed by atoms with Crippen LogP contribution in [0.15, 0.2) is 33.5 Å². The van der Waals surface area contributed by atoms with Crippen molar-refractivity contribution in [1.82, 2.24) is 14.5 Å². The Kier molecular flexibility index (Phi) is 6.02. The molecule has 3 aromatic rings. The SMILES string of the molecule is Cc1ccc(-c2csc3nc(SCC(=O)N4CCCCC4C)n(C)c(=O)c23)cc1C. The van der Waals surface area contributed by atoms with E-state index in [0.717, 1.165) is 35.3 Å². The van der Waals surface area contributed by atoms with E-state index in [2.05, 4.69) is 39.0 Å². The molecule has 1 aliphatic rings. The zero-order valence-corrected chi connectivity index (χ0v) is 19.5. The number of aromatic nitrogens is 2. The standard InChI is InChI=1S/C23H27N3O2S2/c1-14-8-9-17(11-15(14)2)18-12-29-21-20(18)22(28)25(4)23(24-21)30-13-19(27)26-10-6-5-7-16(26)3/h8-9,11-12,16H,5-7,10,13H2,1-4H3. The Labute approximate surface area is 185 Å². The van der Waals surface area contributed by atoms with Crippen LogP contribution >= 0.6 is 23.1 Å². The summed E-state index contributed by atoms with van der Waals surface area (Å²) in [6.45, 7) is 7.11. The number of aryl methyl sites for hydroxylation is 2. The van der Waals surface area contributed by atoms with Gasteiger partial charge in [-0.05, 0) is 56.7 Å². The van der Waals surface area contributed by atoms with Crippen molar-refractivity contribution in [2.24, 2.45) is 7.05 Å². The van der Waals surface area contributed by atoms with Gasteiger partial charge in [0, 0.05) is 30.6 Å². The summed E-state index contributed by atoms with van der Waals surface area (Å²) in [7, 11) is 1.74. The Morgan fingerprint density at radius 1 is 1.27 bits per heavy atom. The van der Waals surface area contributed by atoms with Crippen molar-refractivity contribution in [3.05, 3.63) is 45.1 Å². The average molecular weight is 442 g/mol. The fraction of sp³-hybridized carbons (Fsp3) is 0.435. The summed E-state index contributed by atoms with van der Waals surface area (Å²) >= 11 is 2.84. The number of thioether (sulfide) groups is 1. The average Bonchev–Trinajstić information content (AvgIpc) is 3.16.